The van der Waals surface area contributed by atoms with Gasteiger partial charge in [-0.05, 0) is 23.8 Å². The van der Waals surface area contributed by atoms with E-state index in [1.165, 1.54) is 30.3 Å². The Balaban J connectivity index is 3.08. The van der Waals surface area contributed by atoms with E-state index in [1.54, 1.807) is 0 Å². The highest BCUT2D eigenvalue weighted by Gasteiger charge is 2.05. The van der Waals surface area contributed by atoms with Crippen LogP contribution in [0.25, 0.3) is 6.08 Å². The largest absolute Gasteiger partial charge is 0.224 e. The van der Waals surface area contributed by atoms with Crippen molar-refractivity contribution in [3.63, 3.8) is 0 Å². The third-order valence-corrected chi connectivity index (χ3v) is 2.84. The van der Waals surface area contributed by atoms with Crippen LogP contribution in [0.1, 0.15) is 5.56 Å². The molecule has 15 heavy (non-hydrogen) atoms. The topological polar surface area (TPSA) is 57.9 Å². The number of sulfone groups is 1. The molecule has 0 bridgehead atoms. The van der Waals surface area contributed by atoms with E-state index in [0.29, 0.717) is 5.56 Å². The Morgan fingerprint density at radius 2 is 1.93 bits per heavy atom. The number of allylic oxidation sites excluding steroid dienone is 1. The van der Waals surface area contributed by atoms with Crippen LogP contribution >= 0.6 is 0 Å². The lowest BCUT2D eigenvalue weighted by molar-refractivity contribution is 0.602. The van der Waals surface area contributed by atoms with Crippen molar-refractivity contribution in [2.24, 2.45) is 0 Å². The van der Waals surface area contributed by atoms with Crippen LogP contribution in [0.5, 0.6) is 0 Å². The molecule has 1 rings (SSSR count). The van der Waals surface area contributed by atoms with Gasteiger partial charge in [0.05, 0.1) is 4.90 Å². The molecule has 78 valence electrons. The lowest BCUT2D eigenvalue weighted by Gasteiger charge is -1.98. The van der Waals surface area contributed by atoms with Crippen LogP contribution in [0.3, 0.4) is 0 Å². The van der Waals surface area contributed by atoms with Crippen molar-refractivity contribution in [1.82, 2.24) is 0 Å². The summed E-state index contributed by atoms with van der Waals surface area (Å²) < 4.78 is 34.7. The van der Waals surface area contributed by atoms with Crippen molar-refractivity contribution in [3.05, 3.63) is 35.7 Å². The van der Waals surface area contributed by atoms with E-state index in [0.717, 1.165) is 12.3 Å². The lowest BCUT2D eigenvalue weighted by Crippen LogP contribution is -1.96. The zero-order chi connectivity index (χ0) is 11.5. The van der Waals surface area contributed by atoms with E-state index >= 15 is 0 Å². The van der Waals surface area contributed by atoms with Gasteiger partial charge < -0.3 is 0 Å². The van der Waals surface area contributed by atoms with Gasteiger partial charge in [0, 0.05) is 6.26 Å². The van der Waals surface area contributed by atoms with Gasteiger partial charge in [-0.3, -0.25) is 0 Å². The van der Waals surface area contributed by atoms with Gasteiger partial charge >= 0.3 is 0 Å². The van der Waals surface area contributed by atoms with Crippen molar-refractivity contribution >= 4 is 15.9 Å². The predicted molar refractivity (Wildman–Crippen MR) is 54.2 cm³/mol. The Bertz CT molecular complexity index is 524. The molecule has 0 aliphatic heterocycles. The summed E-state index contributed by atoms with van der Waals surface area (Å²) in [5, 5.41) is 8.19. The van der Waals surface area contributed by atoms with Crippen LogP contribution in [0, 0.1) is 11.3 Å². The minimum Gasteiger partial charge on any atom is -0.224 e. The molecular formula is C10H8FNO2S. The zero-order valence-electron chi connectivity index (χ0n) is 7.94. The number of benzene rings is 1. The number of hydrogen-bond donors (Lipinski definition) is 0. The molecule has 3 nitrogen and oxygen atoms in total. The molecule has 0 spiro atoms. The summed E-state index contributed by atoms with van der Waals surface area (Å²) in [6.07, 6.45) is 2.12. The molecule has 1 aromatic carbocycles. The molecule has 0 N–H and O–H groups in total. The zero-order valence-corrected chi connectivity index (χ0v) is 8.75. The number of rotatable bonds is 2. The van der Waals surface area contributed by atoms with E-state index in [4.69, 9.17) is 5.26 Å². The Hall–Kier alpha value is -1.67. The first kappa shape index (κ1) is 11.4. The second-order valence-electron chi connectivity index (χ2n) is 2.95. The minimum atomic E-state index is -3.23. The highest BCUT2D eigenvalue weighted by molar-refractivity contribution is 7.90. The van der Waals surface area contributed by atoms with E-state index in [2.05, 4.69) is 0 Å². The predicted octanol–water partition coefficient (Wildman–Crippen LogP) is 1.92. The third-order valence-electron chi connectivity index (χ3n) is 1.71. The van der Waals surface area contributed by atoms with Crippen molar-refractivity contribution in [2.75, 3.05) is 6.26 Å². The maximum atomic E-state index is 12.5. The SMILES string of the molecule is CS(=O)(=O)c1ccc(/C=C(/F)C#N)cc1. The van der Waals surface area contributed by atoms with Crippen LogP contribution in [0.2, 0.25) is 0 Å². The highest BCUT2D eigenvalue weighted by atomic mass is 32.2. The van der Waals surface area contributed by atoms with Crippen LogP contribution < -0.4 is 0 Å². The van der Waals surface area contributed by atoms with Crippen molar-refractivity contribution in [1.29, 1.82) is 5.26 Å². The quantitative estimate of drug-likeness (QED) is 0.722. The smallest absolute Gasteiger partial charge is 0.200 e. The van der Waals surface area contributed by atoms with Gasteiger partial charge in [-0.2, -0.15) is 9.65 Å². The lowest BCUT2D eigenvalue weighted by atomic mass is 10.2. The summed E-state index contributed by atoms with van der Waals surface area (Å²) in [6.45, 7) is 0. The van der Waals surface area contributed by atoms with Crippen LogP contribution in [0.15, 0.2) is 35.0 Å². The van der Waals surface area contributed by atoms with E-state index in [-0.39, 0.29) is 4.90 Å². The number of hydrogen-bond acceptors (Lipinski definition) is 3. The number of nitrogens with zero attached hydrogens (tertiary/aromatic N) is 1. The van der Waals surface area contributed by atoms with Crippen molar-refractivity contribution in [2.45, 2.75) is 4.90 Å². The van der Waals surface area contributed by atoms with Crippen LogP contribution in [0.4, 0.5) is 4.39 Å². The third kappa shape index (κ3) is 3.18. The first-order valence-corrected chi connectivity index (χ1v) is 5.90. The fourth-order valence-electron chi connectivity index (χ4n) is 0.990. The fraction of sp³-hybridized carbons (Fsp3) is 0.100. The van der Waals surface area contributed by atoms with Gasteiger partial charge in [-0.1, -0.05) is 12.1 Å². The molecule has 0 heterocycles. The van der Waals surface area contributed by atoms with Gasteiger partial charge in [0.25, 0.3) is 0 Å². The monoisotopic (exact) mass is 225 g/mol. The maximum Gasteiger partial charge on any atom is 0.200 e. The first-order valence-electron chi connectivity index (χ1n) is 4.01. The van der Waals surface area contributed by atoms with Gasteiger partial charge in [0.1, 0.15) is 6.07 Å². The normalized spacial score (nSPS) is 12.2. The second kappa shape index (κ2) is 4.24. The minimum absolute atomic E-state index is 0.164. The van der Waals surface area contributed by atoms with Crippen molar-refractivity contribution < 1.29 is 12.8 Å². The molecule has 0 unspecified atom stereocenters. The molecule has 0 saturated carbocycles. The molecule has 0 aromatic heterocycles. The molecule has 0 aliphatic rings. The molecule has 0 amide bonds. The second-order valence-corrected chi connectivity index (χ2v) is 4.96. The van der Waals surface area contributed by atoms with E-state index in [9.17, 15) is 12.8 Å². The Morgan fingerprint density at radius 1 is 1.40 bits per heavy atom. The van der Waals surface area contributed by atoms with Crippen LogP contribution in [-0.2, 0) is 9.84 Å². The van der Waals surface area contributed by atoms with Crippen LogP contribution in [-0.4, -0.2) is 14.7 Å². The fourth-order valence-corrected chi connectivity index (χ4v) is 1.62. The van der Waals surface area contributed by atoms with E-state index in [1.807, 2.05) is 0 Å². The standard InChI is InChI=1S/C10H8FNO2S/c1-15(13,14)10-4-2-8(3-5-10)6-9(11)7-12/h2-6H,1H3/b9-6+. The number of nitriles is 1. The molecule has 0 radical (unpaired) electrons. The summed E-state index contributed by atoms with van der Waals surface area (Å²) in [4.78, 5) is 0.164. The van der Waals surface area contributed by atoms with Gasteiger partial charge in [-0.25, -0.2) is 8.42 Å². The molecule has 5 heteroatoms. The Kier molecular flexibility index (Phi) is 3.22. The maximum absolute atomic E-state index is 12.5. The average molecular weight is 225 g/mol. The molecule has 0 saturated heterocycles. The van der Waals surface area contributed by atoms with Gasteiger partial charge in [0.2, 0.25) is 5.83 Å². The van der Waals surface area contributed by atoms with Gasteiger partial charge in [0.15, 0.2) is 9.84 Å². The number of halogens is 1. The summed E-state index contributed by atoms with van der Waals surface area (Å²) >= 11 is 0. The van der Waals surface area contributed by atoms with Gasteiger partial charge in [-0.15, -0.1) is 0 Å². The molecule has 0 aliphatic carbocycles. The van der Waals surface area contributed by atoms with E-state index < -0.39 is 15.7 Å². The summed E-state index contributed by atoms with van der Waals surface area (Å²) in [5.74, 6) is -0.915. The molecule has 0 fully saturated rings. The molecule has 1 aromatic rings. The molecule has 0 atom stereocenters. The first-order chi connectivity index (χ1) is 6.93. The summed E-state index contributed by atoms with van der Waals surface area (Å²) in [5.41, 5.74) is 0.446. The summed E-state index contributed by atoms with van der Waals surface area (Å²) in [7, 11) is -3.23. The Morgan fingerprint density at radius 3 is 2.33 bits per heavy atom. The van der Waals surface area contributed by atoms with Crippen molar-refractivity contribution in [3.8, 4) is 6.07 Å². The summed E-state index contributed by atoms with van der Waals surface area (Å²) in [6, 6.07) is 6.94. The Labute approximate surface area is 87.4 Å². The highest BCUT2D eigenvalue weighted by Crippen LogP contribution is 2.12. The molecular weight excluding hydrogens is 217 g/mol. The average Bonchev–Trinajstić information content (AvgIpc) is 2.17.